The summed E-state index contributed by atoms with van der Waals surface area (Å²) in [7, 11) is 0. The van der Waals surface area contributed by atoms with Gasteiger partial charge in [0.2, 0.25) is 0 Å². The van der Waals surface area contributed by atoms with Crippen LogP contribution in [0.2, 0.25) is 0 Å². The van der Waals surface area contributed by atoms with Crippen molar-refractivity contribution >= 4 is 11.3 Å². The Morgan fingerprint density at radius 3 is 3.17 bits per heavy atom. The van der Waals surface area contributed by atoms with Gasteiger partial charge in [-0.1, -0.05) is 6.92 Å². The second-order valence-electron chi connectivity index (χ2n) is 3.63. The van der Waals surface area contributed by atoms with E-state index in [2.05, 4.69) is 29.1 Å². The third-order valence-electron chi connectivity index (χ3n) is 2.80. The van der Waals surface area contributed by atoms with Crippen LogP contribution < -0.4 is 5.32 Å². The molecule has 0 amide bonds. The monoisotopic (exact) mass is 181 g/mol. The SMILES string of the molecule is CC1CCNCC1c1ccsc1. The molecule has 1 nitrogen and oxygen atoms in total. The lowest BCUT2D eigenvalue weighted by atomic mass is 9.84. The largest absolute Gasteiger partial charge is 0.316 e. The molecule has 12 heavy (non-hydrogen) atoms. The summed E-state index contributed by atoms with van der Waals surface area (Å²) in [5.74, 6) is 1.60. The van der Waals surface area contributed by atoms with Gasteiger partial charge in [0, 0.05) is 6.54 Å². The van der Waals surface area contributed by atoms with Crippen LogP contribution in [0.25, 0.3) is 0 Å². The Kier molecular flexibility index (Phi) is 2.47. The number of nitrogens with one attached hydrogen (secondary N) is 1. The summed E-state index contributed by atoms with van der Waals surface area (Å²) in [5, 5.41) is 7.92. The molecule has 2 heterocycles. The van der Waals surface area contributed by atoms with Gasteiger partial charge in [-0.25, -0.2) is 0 Å². The van der Waals surface area contributed by atoms with E-state index < -0.39 is 0 Å². The smallest absolute Gasteiger partial charge is 0.00230 e. The van der Waals surface area contributed by atoms with E-state index >= 15 is 0 Å². The van der Waals surface area contributed by atoms with Crippen molar-refractivity contribution in [3.05, 3.63) is 22.4 Å². The number of thiophene rings is 1. The molecule has 0 aliphatic carbocycles. The molecular weight excluding hydrogens is 166 g/mol. The van der Waals surface area contributed by atoms with Crippen molar-refractivity contribution in [3.8, 4) is 0 Å². The van der Waals surface area contributed by atoms with Crippen LogP contribution in [0.5, 0.6) is 0 Å². The number of hydrogen-bond acceptors (Lipinski definition) is 2. The van der Waals surface area contributed by atoms with Crippen LogP contribution in [-0.4, -0.2) is 13.1 Å². The van der Waals surface area contributed by atoms with E-state index in [1.165, 1.54) is 18.5 Å². The molecule has 0 bridgehead atoms. The first-order valence-electron chi connectivity index (χ1n) is 4.61. The van der Waals surface area contributed by atoms with Gasteiger partial charge in [0.05, 0.1) is 0 Å². The second kappa shape index (κ2) is 3.58. The maximum atomic E-state index is 3.46. The lowest BCUT2D eigenvalue weighted by Gasteiger charge is -2.28. The zero-order valence-corrected chi connectivity index (χ0v) is 8.23. The number of hydrogen-bond donors (Lipinski definition) is 1. The van der Waals surface area contributed by atoms with Crippen LogP contribution in [0, 0.1) is 5.92 Å². The van der Waals surface area contributed by atoms with E-state index in [0.29, 0.717) is 0 Å². The fourth-order valence-electron chi connectivity index (χ4n) is 1.92. The molecule has 1 saturated heterocycles. The van der Waals surface area contributed by atoms with Crippen molar-refractivity contribution in [1.29, 1.82) is 0 Å². The van der Waals surface area contributed by atoms with Crippen molar-refractivity contribution in [2.75, 3.05) is 13.1 Å². The summed E-state index contributed by atoms with van der Waals surface area (Å²) in [4.78, 5) is 0. The van der Waals surface area contributed by atoms with Crippen molar-refractivity contribution in [2.24, 2.45) is 5.92 Å². The summed E-state index contributed by atoms with van der Waals surface area (Å²) in [6, 6.07) is 2.26. The van der Waals surface area contributed by atoms with Crippen LogP contribution in [0.3, 0.4) is 0 Å². The molecule has 1 fully saturated rings. The zero-order chi connectivity index (χ0) is 8.39. The lowest BCUT2D eigenvalue weighted by molar-refractivity contribution is 0.349. The van der Waals surface area contributed by atoms with E-state index in [1.807, 2.05) is 11.3 Å². The Balaban J connectivity index is 2.11. The third-order valence-corrected chi connectivity index (χ3v) is 3.50. The molecule has 0 saturated carbocycles. The predicted octanol–water partition coefficient (Wildman–Crippen LogP) is 2.46. The maximum absolute atomic E-state index is 3.46. The number of piperidine rings is 1. The maximum Gasteiger partial charge on any atom is 0.00230 e. The molecule has 0 aromatic carbocycles. The van der Waals surface area contributed by atoms with Gasteiger partial charge in [0.25, 0.3) is 0 Å². The molecule has 0 radical (unpaired) electrons. The fraction of sp³-hybridized carbons (Fsp3) is 0.600. The van der Waals surface area contributed by atoms with Crippen molar-refractivity contribution < 1.29 is 0 Å². The van der Waals surface area contributed by atoms with Gasteiger partial charge < -0.3 is 5.32 Å². The molecule has 0 spiro atoms. The topological polar surface area (TPSA) is 12.0 Å². The highest BCUT2D eigenvalue weighted by atomic mass is 32.1. The Morgan fingerprint density at radius 2 is 2.50 bits per heavy atom. The van der Waals surface area contributed by atoms with Crippen LogP contribution in [0.1, 0.15) is 24.8 Å². The van der Waals surface area contributed by atoms with Crippen molar-refractivity contribution in [2.45, 2.75) is 19.3 Å². The Hall–Kier alpha value is -0.340. The van der Waals surface area contributed by atoms with E-state index in [1.54, 1.807) is 0 Å². The van der Waals surface area contributed by atoms with E-state index in [9.17, 15) is 0 Å². The van der Waals surface area contributed by atoms with Gasteiger partial charge in [-0.2, -0.15) is 11.3 Å². The van der Waals surface area contributed by atoms with Crippen molar-refractivity contribution in [1.82, 2.24) is 5.32 Å². The first kappa shape index (κ1) is 8.27. The van der Waals surface area contributed by atoms with E-state index in [4.69, 9.17) is 0 Å². The standard InChI is InChI=1S/C10H15NS/c1-8-2-4-11-6-10(8)9-3-5-12-7-9/h3,5,7-8,10-11H,2,4,6H2,1H3. The van der Waals surface area contributed by atoms with Crippen LogP contribution >= 0.6 is 11.3 Å². The molecule has 1 aliphatic heterocycles. The summed E-state index contributed by atoms with van der Waals surface area (Å²) >= 11 is 1.81. The Labute approximate surface area is 77.8 Å². The summed E-state index contributed by atoms with van der Waals surface area (Å²) in [6.07, 6.45) is 1.32. The highest BCUT2D eigenvalue weighted by molar-refractivity contribution is 7.07. The molecule has 66 valence electrons. The average molecular weight is 181 g/mol. The zero-order valence-electron chi connectivity index (χ0n) is 7.42. The van der Waals surface area contributed by atoms with Gasteiger partial charge in [-0.05, 0) is 47.2 Å². The second-order valence-corrected chi connectivity index (χ2v) is 4.41. The van der Waals surface area contributed by atoms with Gasteiger partial charge in [0.15, 0.2) is 0 Å². The van der Waals surface area contributed by atoms with Crippen molar-refractivity contribution in [3.63, 3.8) is 0 Å². The van der Waals surface area contributed by atoms with E-state index in [0.717, 1.165) is 18.4 Å². The predicted molar refractivity (Wildman–Crippen MR) is 53.7 cm³/mol. The molecule has 2 rings (SSSR count). The normalized spacial score (nSPS) is 30.4. The average Bonchev–Trinajstić information content (AvgIpc) is 2.57. The molecule has 1 N–H and O–H groups in total. The molecular formula is C10H15NS. The van der Waals surface area contributed by atoms with Gasteiger partial charge in [-0.3, -0.25) is 0 Å². The van der Waals surface area contributed by atoms with Gasteiger partial charge in [0.1, 0.15) is 0 Å². The Bertz CT molecular complexity index is 230. The fourth-order valence-corrected chi connectivity index (χ4v) is 2.65. The molecule has 1 aliphatic rings. The van der Waals surface area contributed by atoms with E-state index in [-0.39, 0.29) is 0 Å². The highest BCUT2D eigenvalue weighted by Gasteiger charge is 2.22. The Morgan fingerprint density at radius 1 is 1.58 bits per heavy atom. The molecule has 1 aromatic rings. The summed E-state index contributed by atoms with van der Waals surface area (Å²) in [6.45, 7) is 4.73. The first-order chi connectivity index (χ1) is 5.88. The summed E-state index contributed by atoms with van der Waals surface area (Å²) < 4.78 is 0. The minimum atomic E-state index is 0.755. The van der Waals surface area contributed by atoms with Crippen LogP contribution in [0.15, 0.2) is 16.8 Å². The number of rotatable bonds is 1. The lowest BCUT2D eigenvalue weighted by Crippen LogP contribution is -2.33. The van der Waals surface area contributed by atoms with Crippen LogP contribution in [-0.2, 0) is 0 Å². The summed E-state index contributed by atoms with van der Waals surface area (Å²) in [5.41, 5.74) is 1.53. The molecule has 2 unspecified atom stereocenters. The minimum Gasteiger partial charge on any atom is -0.316 e. The van der Waals surface area contributed by atoms with Gasteiger partial charge >= 0.3 is 0 Å². The molecule has 2 atom stereocenters. The molecule has 1 aromatic heterocycles. The van der Waals surface area contributed by atoms with Gasteiger partial charge in [-0.15, -0.1) is 0 Å². The third kappa shape index (κ3) is 1.54. The molecule has 2 heteroatoms. The highest BCUT2D eigenvalue weighted by Crippen LogP contribution is 2.29. The minimum absolute atomic E-state index is 0.755. The first-order valence-corrected chi connectivity index (χ1v) is 5.55. The van der Waals surface area contributed by atoms with Crippen LogP contribution in [0.4, 0.5) is 0 Å². The quantitative estimate of drug-likeness (QED) is 0.702.